The minimum atomic E-state index is 0.225. The summed E-state index contributed by atoms with van der Waals surface area (Å²) >= 11 is 3.44. The maximum absolute atomic E-state index is 8.97. The molecule has 1 heterocycles. The summed E-state index contributed by atoms with van der Waals surface area (Å²) in [6.45, 7) is 4.09. The molecule has 1 saturated heterocycles. The Morgan fingerprint density at radius 3 is 2.82 bits per heavy atom. The van der Waals surface area contributed by atoms with Crippen LogP contribution in [0.4, 0.5) is 5.69 Å². The highest BCUT2D eigenvalue weighted by Gasteiger charge is 2.22. The van der Waals surface area contributed by atoms with E-state index in [0.29, 0.717) is 11.5 Å². The Morgan fingerprint density at radius 1 is 1.41 bits per heavy atom. The Kier molecular flexibility index (Phi) is 3.70. The summed E-state index contributed by atoms with van der Waals surface area (Å²) in [5.74, 6) is 0.600. The lowest BCUT2D eigenvalue weighted by molar-refractivity contribution is 0.401. The molecule has 1 fully saturated rings. The van der Waals surface area contributed by atoms with Crippen LogP contribution in [0.3, 0.4) is 0 Å². The Morgan fingerprint density at radius 2 is 2.18 bits per heavy atom. The first-order chi connectivity index (χ1) is 8.08. The lowest BCUT2D eigenvalue weighted by Crippen LogP contribution is -2.46. The van der Waals surface area contributed by atoms with Gasteiger partial charge in [-0.25, -0.2) is 0 Å². The molecule has 0 radical (unpaired) electrons. The zero-order chi connectivity index (χ0) is 12.4. The molecule has 1 aliphatic heterocycles. The first kappa shape index (κ1) is 12.4. The Balaban J connectivity index is 2.27. The molecular formula is C13H16BrN3. The number of nitrogens with zero attached hydrogens (tertiary/aromatic N) is 2. The second-order valence-corrected chi connectivity index (χ2v) is 5.73. The fourth-order valence-corrected chi connectivity index (χ4v) is 2.91. The zero-order valence-electron chi connectivity index (χ0n) is 9.86. The summed E-state index contributed by atoms with van der Waals surface area (Å²) < 4.78 is 0.943. The van der Waals surface area contributed by atoms with Gasteiger partial charge in [0.25, 0.3) is 0 Å². The third kappa shape index (κ3) is 2.99. The maximum Gasteiger partial charge on any atom is 0.0992 e. The molecule has 2 rings (SSSR count). The molecular weight excluding hydrogens is 278 g/mol. The molecule has 2 N–H and O–H groups in total. The summed E-state index contributed by atoms with van der Waals surface area (Å²) in [7, 11) is 0. The molecule has 4 heteroatoms. The minimum absolute atomic E-state index is 0.225. The number of halogens is 1. The van der Waals surface area contributed by atoms with E-state index in [4.69, 9.17) is 11.0 Å². The Bertz CT molecular complexity index is 442. The van der Waals surface area contributed by atoms with Gasteiger partial charge in [0.2, 0.25) is 0 Å². The molecule has 0 aliphatic carbocycles. The van der Waals surface area contributed by atoms with Gasteiger partial charge in [0.15, 0.2) is 0 Å². The Hall–Kier alpha value is -1.05. The summed E-state index contributed by atoms with van der Waals surface area (Å²) in [6.07, 6.45) is 1.08. The van der Waals surface area contributed by atoms with Crippen LogP contribution in [-0.4, -0.2) is 19.1 Å². The van der Waals surface area contributed by atoms with Crippen molar-refractivity contribution >= 4 is 21.6 Å². The predicted octanol–water partition coefficient (Wildman–Crippen LogP) is 2.49. The van der Waals surface area contributed by atoms with Crippen molar-refractivity contribution in [1.29, 1.82) is 5.26 Å². The van der Waals surface area contributed by atoms with Crippen molar-refractivity contribution in [2.75, 3.05) is 18.0 Å². The van der Waals surface area contributed by atoms with E-state index in [-0.39, 0.29) is 6.04 Å². The number of piperidine rings is 1. The van der Waals surface area contributed by atoms with Gasteiger partial charge in [0.1, 0.15) is 0 Å². The number of rotatable bonds is 1. The summed E-state index contributed by atoms with van der Waals surface area (Å²) in [5, 5.41) is 8.97. The molecule has 0 amide bonds. The molecule has 17 heavy (non-hydrogen) atoms. The molecule has 1 aromatic rings. The molecule has 90 valence electrons. The van der Waals surface area contributed by atoms with Crippen LogP contribution >= 0.6 is 15.9 Å². The fourth-order valence-electron chi connectivity index (χ4n) is 2.43. The summed E-state index contributed by atoms with van der Waals surface area (Å²) in [6, 6.07) is 8.21. The second kappa shape index (κ2) is 5.07. The molecule has 0 saturated carbocycles. The van der Waals surface area contributed by atoms with E-state index in [1.165, 1.54) is 0 Å². The van der Waals surface area contributed by atoms with Gasteiger partial charge in [-0.15, -0.1) is 0 Å². The van der Waals surface area contributed by atoms with E-state index in [1.807, 2.05) is 18.2 Å². The predicted molar refractivity (Wildman–Crippen MR) is 72.8 cm³/mol. The van der Waals surface area contributed by atoms with Crippen molar-refractivity contribution in [3.63, 3.8) is 0 Å². The number of nitriles is 1. The number of anilines is 1. The van der Waals surface area contributed by atoms with Crippen LogP contribution in [-0.2, 0) is 0 Å². The van der Waals surface area contributed by atoms with Crippen LogP contribution in [0, 0.1) is 17.2 Å². The third-order valence-electron chi connectivity index (χ3n) is 3.07. The van der Waals surface area contributed by atoms with Gasteiger partial charge in [-0.2, -0.15) is 5.26 Å². The minimum Gasteiger partial charge on any atom is -0.370 e. The average molecular weight is 294 g/mol. The van der Waals surface area contributed by atoms with Crippen molar-refractivity contribution in [3.05, 3.63) is 28.2 Å². The van der Waals surface area contributed by atoms with Crippen LogP contribution in [0.25, 0.3) is 0 Å². The second-order valence-electron chi connectivity index (χ2n) is 4.82. The van der Waals surface area contributed by atoms with Gasteiger partial charge in [-0.1, -0.05) is 22.9 Å². The zero-order valence-corrected chi connectivity index (χ0v) is 11.4. The molecule has 0 spiro atoms. The van der Waals surface area contributed by atoms with Gasteiger partial charge in [0, 0.05) is 29.3 Å². The molecule has 3 nitrogen and oxygen atoms in total. The number of hydrogen-bond acceptors (Lipinski definition) is 3. The van der Waals surface area contributed by atoms with E-state index in [9.17, 15) is 0 Å². The van der Waals surface area contributed by atoms with Crippen LogP contribution < -0.4 is 10.6 Å². The first-order valence-electron chi connectivity index (χ1n) is 5.79. The topological polar surface area (TPSA) is 53.0 Å². The first-order valence-corrected chi connectivity index (χ1v) is 6.59. The highest BCUT2D eigenvalue weighted by molar-refractivity contribution is 9.10. The van der Waals surface area contributed by atoms with Crippen LogP contribution in [0.5, 0.6) is 0 Å². The standard InChI is InChI=1S/C13H16BrN3/c1-9-2-12(16)8-17(7-9)13-4-10(6-15)3-11(14)5-13/h3-5,9,12H,2,7-8,16H2,1H3. The Labute approximate surface area is 110 Å². The van der Waals surface area contributed by atoms with E-state index >= 15 is 0 Å². The monoisotopic (exact) mass is 293 g/mol. The molecule has 1 aromatic carbocycles. The van der Waals surface area contributed by atoms with E-state index < -0.39 is 0 Å². The van der Waals surface area contributed by atoms with Crippen LogP contribution in [0.1, 0.15) is 18.9 Å². The summed E-state index contributed by atoms with van der Waals surface area (Å²) in [5.41, 5.74) is 7.81. The van der Waals surface area contributed by atoms with Crippen molar-refractivity contribution < 1.29 is 0 Å². The van der Waals surface area contributed by atoms with Crippen molar-refractivity contribution in [2.24, 2.45) is 11.7 Å². The van der Waals surface area contributed by atoms with Crippen LogP contribution in [0.2, 0.25) is 0 Å². The number of hydrogen-bond donors (Lipinski definition) is 1. The molecule has 0 bridgehead atoms. The normalized spacial score (nSPS) is 24.5. The van der Waals surface area contributed by atoms with Crippen LogP contribution in [0.15, 0.2) is 22.7 Å². The number of benzene rings is 1. The van der Waals surface area contributed by atoms with E-state index in [1.54, 1.807) is 0 Å². The van der Waals surface area contributed by atoms with Crippen molar-refractivity contribution in [2.45, 2.75) is 19.4 Å². The summed E-state index contributed by atoms with van der Waals surface area (Å²) in [4.78, 5) is 2.27. The third-order valence-corrected chi connectivity index (χ3v) is 3.53. The smallest absolute Gasteiger partial charge is 0.0992 e. The molecule has 1 aliphatic rings. The van der Waals surface area contributed by atoms with Gasteiger partial charge < -0.3 is 10.6 Å². The lowest BCUT2D eigenvalue weighted by atomic mass is 9.96. The highest BCUT2D eigenvalue weighted by atomic mass is 79.9. The SMILES string of the molecule is CC1CC(N)CN(c2cc(Br)cc(C#N)c2)C1. The molecule has 2 unspecified atom stereocenters. The van der Waals surface area contributed by atoms with Gasteiger partial charge in [-0.05, 0) is 30.5 Å². The van der Waals surface area contributed by atoms with Gasteiger partial charge >= 0.3 is 0 Å². The van der Waals surface area contributed by atoms with Crippen molar-refractivity contribution in [1.82, 2.24) is 0 Å². The molecule has 0 aromatic heterocycles. The van der Waals surface area contributed by atoms with Gasteiger partial charge in [0.05, 0.1) is 11.6 Å². The fraction of sp³-hybridized carbons (Fsp3) is 0.462. The quantitative estimate of drug-likeness (QED) is 0.865. The van der Waals surface area contributed by atoms with E-state index in [0.717, 1.165) is 29.7 Å². The largest absolute Gasteiger partial charge is 0.370 e. The number of nitrogens with two attached hydrogens (primary N) is 1. The van der Waals surface area contributed by atoms with Crippen molar-refractivity contribution in [3.8, 4) is 6.07 Å². The molecule has 2 atom stereocenters. The lowest BCUT2D eigenvalue weighted by Gasteiger charge is -2.36. The average Bonchev–Trinajstić information content (AvgIpc) is 2.26. The van der Waals surface area contributed by atoms with Gasteiger partial charge in [-0.3, -0.25) is 0 Å². The highest BCUT2D eigenvalue weighted by Crippen LogP contribution is 2.26. The maximum atomic E-state index is 8.97. The van der Waals surface area contributed by atoms with E-state index in [2.05, 4.69) is 33.8 Å².